The summed E-state index contributed by atoms with van der Waals surface area (Å²) >= 11 is 0. The molecule has 1 fully saturated rings. The highest BCUT2D eigenvalue weighted by Gasteiger charge is 2.35. The number of aliphatic hydroxyl groups is 1. The molecular formula is C27H43N5O5. The molecule has 1 aromatic rings. The van der Waals surface area contributed by atoms with Crippen molar-refractivity contribution in [2.45, 2.75) is 84.0 Å². The van der Waals surface area contributed by atoms with Crippen LogP contribution in [0, 0.1) is 5.92 Å². The predicted octanol–water partition coefficient (Wildman–Crippen LogP) is 3.41. The van der Waals surface area contributed by atoms with Gasteiger partial charge in [-0.1, -0.05) is 32.3 Å². The predicted molar refractivity (Wildman–Crippen MR) is 143 cm³/mol. The van der Waals surface area contributed by atoms with Crippen molar-refractivity contribution in [3.8, 4) is 5.75 Å². The zero-order valence-corrected chi connectivity index (χ0v) is 22.8. The standard InChI is InChI=1S/C27H43N5O5/c1-17(2)28-26(35)30-22-13-9-12-21-24(22)37-23(18(3)14-32(25(21)34)19(4)16-33)15-31(5)27(36)29-20-10-7-6-8-11-20/h9,12-13,17-20,23,33H,6-8,10-11,14-16H2,1-5H3,(H,29,36)(H2,28,30,35)/t18-,19-,23-/m1/s1. The lowest BCUT2D eigenvalue weighted by atomic mass is 9.96. The van der Waals surface area contributed by atoms with Gasteiger partial charge in [-0.25, -0.2) is 9.59 Å². The van der Waals surface area contributed by atoms with Crippen molar-refractivity contribution in [2.75, 3.05) is 32.1 Å². The zero-order valence-electron chi connectivity index (χ0n) is 22.8. The van der Waals surface area contributed by atoms with Gasteiger partial charge in [0, 0.05) is 31.6 Å². The number of urea groups is 2. The number of amides is 5. The number of nitrogens with zero attached hydrogens (tertiary/aromatic N) is 2. The first-order valence-corrected chi connectivity index (χ1v) is 13.4. The second-order valence-corrected chi connectivity index (χ2v) is 10.7. The van der Waals surface area contributed by atoms with E-state index in [-0.39, 0.29) is 42.3 Å². The highest BCUT2D eigenvalue weighted by atomic mass is 16.5. The summed E-state index contributed by atoms with van der Waals surface area (Å²) in [5.41, 5.74) is 0.669. The molecule has 1 aliphatic heterocycles. The van der Waals surface area contributed by atoms with Crippen molar-refractivity contribution in [1.29, 1.82) is 0 Å². The Morgan fingerprint density at radius 1 is 1.19 bits per heavy atom. The molecule has 1 saturated carbocycles. The molecule has 0 spiro atoms. The minimum absolute atomic E-state index is 0.0712. The Kier molecular flexibility index (Phi) is 10.0. The summed E-state index contributed by atoms with van der Waals surface area (Å²) in [7, 11) is 1.74. The van der Waals surface area contributed by atoms with Gasteiger partial charge in [-0.05, 0) is 45.7 Å². The second-order valence-electron chi connectivity index (χ2n) is 10.7. The number of carbonyl (C=O) groups is 3. The molecule has 37 heavy (non-hydrogen) atoms. The van der Waals surface area contributed by atoms with Crippen LogP contribution >= 0.6 is 0 Å². The van der Waals surface area contributed by atoms with E-state index in [0.29, 0.717) is 24.3 Å². The molecule has 10 nitrogen and oxygen atoms in total. The van der Waals surface area contributed by atoms with Crippen LogP contribution in [0.5, 0.6) is 5.75 Å². The summed E-state index contributed by atoms with van der Waals surface area (Å²) in [5, 5.41) is 18.6. The van der Waals surface area contributed by atoms with E-state index < -0.39 is 18.2 Å². The van der Waals surface area contributed by atoms with Gasteiger partial charge in [0.1, 0.15) is 6.10 Å². The molecule has 206 valence electrons. The largest absolute Gasteiger partial charge is 0.485 e. The number of fused-ring (bicyclic) bond motifs is 1. The van der Waals surface area contributed by atoms with Crippen LogP contribution in [0.2, 0.25) is 0 Å². The number of hydrogen-bond acceptors (Lipinski definition) is 5. The van der Waals surface area contributed by atoms with E-state index in [1.807, 2.05) is 20.8 Å². The fourth-order valence-corrected chi connectivity index (χ4v) is 4.86. The van der Waals surface area contributed by atoms with Crippen LogP contribution in [-0.4, -0.2) is 83.8 Å². The number of benzene rings is 1. The third-order valence-corrected chi connectivity index (χ3v) is 7.09. The second kappa shape index (κ2) is 13.0. The SMILES string of the molecule is CC(C)NC(=O)Nc1cccc2c1O[C@H](CN(C)C(=O)NC1CCCCC1)[C@H](C)CN([C@H](C)CO)C2=O. The number of ether oxygens (including phenoxy) is 1. The molecule has 2 aliphatic rings. The van der Waals surface area contributed by atoms with Crippen molar-refractivity contribution in [2.24, 2.45) is 5.92 Å². The van der Waals surface area contributed by atoms with E-state index in [2.05, 4.69) is 16.0 Å². The fraction of sp³-hybridized carbons (Fsp3) is 0.667. The van der Waals surface area contributed by atoms with Gasteiger partial charge in [-0.2, -0.15) is 0 Å². The van der Waals surface area contributed by atoms with Crippen LogP contribution in [0.1, 0.15) is 70.2 Å². The van der Waals surface area contributed by atoms with Crippen molar-refractivity contribution in [1.82, 2.24) is 20.4 Å². The van der Waals surface area contributed by atoms with Crippen molar-refractivity contribution >= 4 is 23.7 Å². The average Bonchev–Trinajstić information content (AvgIpc) is 2.86. The minimum atomic E-state index is -0.460. The summed E-state index contributed by atoms with van der Waals surface area (Å²) < 4.78 is 6.45. The molecular weight excluding hydrogens is 474 g/mol. The molecule has 5 amide bonds. The van der Waals surface area contributed by atoms with E-state index in [1.165, 1.54) is 6.42 Å². The summed E-state index contributed by atoms with van der Waals surface area (Å²) in [4.78, 5) is 42.3. The Bertz CT molecular complexity index is 949. The Morgan fingerprint density at radius 2 is 1.89 bits per heavy atom. The summed E-state index contributed by atoms with van der Waals surface area (Å²) in [6.07, 6.45) is 4.99. The quantitative estimate of drug-likeness (QED) is 0.441. The van der Waals surface area contributed by atoms with E-state index in [1.54, 1.807) is 42.0 Å². The van der Waals surface area contributed by atoms with E-state index in [0.717, 1.165) is 25.7 Å². The van der Waals surface area contributed by atoms with E-state index in [9.17, 15) is 19.5 Å². The monoisotopic (exact) mass is 517 g/mol. The van der Waals surface area contributed by atoms with Crippen molar-refractivity contribution < 1.29 is 24.2 Å². The van der Waals surface area contributed by atoms with Gasteiger partial charge < -0.3 is 35.6 Å². The Balaban J connectivity index is 1.89. The molecule has 1 aromatic carbocycles. The minimum Gasteiger partial charge on any atom is -0.485 e. The van der Waals surface area contributed by atoms with Gasteiger partial charge >= 0.3 is 12.1 Å². The topological polar surface area (TPSA) is 123 Å². The lowest BCUT2D eigenvalue weighted by Gasteiger charge is -2.38. The summed E-state index contributed by atoms with van der Waals surface area (Å²) in [5.74, 6) is -0.175. The first-order chi connectivity index (χ1) is 17.6. The van der Waals surface area contributed by atoms with Crippen LogP contribution in [0.15, 0.2) is 18.2 Å². The number of para-hydroxylation sites is 1. The van der Waals surface area contributed by atoms with Gasteiger partial charge in [0.2, 0.25) is 0 Å². The molecule has 0 unspecified atom stereocenters. The molecule has 0 saturated heterocycles. The van der Waals surface area contributed by atoms with Gasteiger partial charge in [0.25, 0.3) is 5.91 Å². The van der Waals surface area contributed by atoms with Gasteiger partial charge in [-0.15, -0.1) is 0 Å². The van der Waals surface area contributed by atoms with Gasteiger partial charge in [-0.3, -0.25) is 4.79 Å². The molecule has 1 heterocycles. The molecule has 0 aromatic heterocycles. The maximum absolute atomic E-state index is 13.5. The number of nitrogens with one attached hydrogen (secondary N) is 3. The van der Waals surface area contributed by atoms with Gasteiger partial charge in [0.15, 0.2) is 5.75 Å². The van der Waals surface area contributed by atoms with Crippen molar-refractivity contribution in [3.63, 3.8) is 0 Å². The first-order valence-electron chi connectivity index (χ1n) is 13.4. The average molecular weight is 518 g/mol. The third-order valence-electron chi connectivity index (χ3n) is 7.09. The Morgan fingerprint density at radius 3 is 2.54 bits per heavy atom. The normalized spacial score (nSPS) is 21.3. The zero-order chi connectivity index (χ0) is 27.1. The smallest absolute Gasteiger partial charge is 0.319 e. The highest BCUT2D eigenvalue weighted by Crippen LogP contribution is 2.35. The van der Waals surface area contributed by atoms with Crippen LogP contribution < -0.4 is 20.7 Å². The number of likely N-dealkylation sites (N-methyl/N-ethyl adjacent to an activating group) is 1. The number of rotatable bonds is 7. The lowest BCUT2D eigenvalue weighted by Crippen LogP contribution is -2.52. The summed E-state index contributed by atoms with van der Waals surface area (Å²) in [6, 6.07) is 4.19. The molecule has 10 heteroatoms. The molecule has 3 atom stereocenters. The fourth-order valence-electron chi connectivity index (χ4n) is 4.86. The van der Waals surface area contributed by atoms with Crippen LogP contribution in [0.25, 0.3) is 0 Å². The Hall–Kier alpha value is -3.01. The van der Waals surface area contributed by atoms with E-state index in [4.69, 9.17) is 4.74 Å². The first kappa shape index (κ1) is 28.6. The number of hydrogen-bond donors (Lipinski definition) is 4. The molecule has 4 N–H and O–H groups in total. The van der Waals surface area contributed by atoms with E-state index >= 15 is 0 Å². The van der Waals surface area contributed by atoms with Crippen LogP contribution in [0.4, 0.5) is 15.3 Å². The molecule has 0 radical (unpaired) electrons. The molecule has 0 bridgehead atoms. The molecule has 3 rings (SSSR count). The Labute approximate surface area is 220 Å². The van der Waals surface area contributed by atoms with Crippen LogP contribution in [0.3, 0.4) is 0 Å². The molecule has 1 aliphatic carbocycles. The lowest BCUT2D eigenvalue weighted by molar-refractivity contribution is 0.0368. The third kappa shape index (κ3) is 7.50. The summed E-state index contributed by atoms with van der Waals surface area (Å²) in [6.45, 7) is 7.94. The van der Waals surface area contributed by atoms with Crippen LogP contribution in [-0.2, 0) is 0 Å². The number of carbonyl (C=O) groups excluding carboxylic acids is 3. The highest BCUT2D eigenvalue weighted by molar-refractivity contribution is 6.01. The number of aliphatic hydroxyl groups excluding tert-OH is 1. The maximum atomic E-state index is 13.5. The number of anilines is 1. The maximum Gasteiger partial charge on any atom is 0.319 e. The van der Waals surface area contributed by atoms with Gasteiger partial charge in [0.05, 0.1) is 30.4 Å². The van der Waals surface area contributed by atoms with Crippen molar-refractivity contribution in [3.05, 3.63) is 23.8 Å².